The molecule has 1 aromatic carbocycles. The summed E-state index contributed by atoms with van der Waals surface area (Å²) < 4.78 is 0. The van der Waals surface area contributed by atoms with E-state index in [4.69, 9.17) is 0 Å². The molecule has 3 aliphatic rings. The van der Waals surface area contributed by atoms with Crippen molar-refractivity contribution < 1.29 is 14.4 Å². The Labute approximate surface area is 179 Å². The molecule has 2 heterocycles. The Bertz CT molecular complexity index is 838. The van der Waals surface area contributed by atoms with Gasteiger partial charge in [0.15, 0.2) is 0 Å². The fourth-order valence-electron chi connectivity index (χ4n) is 5.92. The van der Waals surface area contributed by atoms with Crippen LogP contribution in [0.4, 0.5) is 5.69 Å². The monoisotopic (exact) mass is 411 g/mol. The number of benzene rings is 1. The highest BCUT2D eigenvalue weighted by molar-refractivity contribution is 5.96. The number of carbonyl (C=O) groups is 3. The number of nitrogens with zero attached hydrogens (tertiary/aromatic N) is 2. The topological polar surface area (TPSA) is 69.7 Å². The molecule has 162 valence electrons. The van der Waals surface area contributed by atoms with Crippen molar-refractivity contribution in [1.82, 2.24) is 9.80 Å². The van der Waals surface area contributed by atoms with E-state index in [0.717, 1.165) is 25.8 Å². The standard InChI is InChI=1S/C24H33N3O3/c1-23(2)12-19-13-24(3,15-23)16-27(19)22(30)17-4-6-18(7-5-17)25-21(29)14-26-10-8-20(28)9-11-26/h4-7,19H,8-16H2,1-3H3,(H,25,29). The van der Waals surface area contributed by atoms with Gasteiger partial charge in [-0.2, -0.15) is 0 Å². The van der Waals surface area contributed by atoms with E-state index in [0.29, 0.717) is 43.2 Å². The number of hydrogen-bond acceptors (Lipinski definition) is 4. The van der Waals surface area contributed by atoms with Crippen LogP contribution in [0, 0.1) is 10.8 Å². The van der Waals surface area contributed by atoms with Crippen LogP contribution in [0.25, 0.3) is 0 Å². The smallest absolute Gasteiger partial charge is 0.254 e. The van der Waals surface area contributed by atoms with Crippen molar-refractivity contribution in [1.29, 1.82) is 0 Å². The Balaban J connectivity index is 1.35. The summed E-state index contributed by atoms with van der Waals surface area (Å²) in [5.74, 6) is 0.274. The maximum Gasteiger partial charge on any atom is 0.254 e. The van der Waals surface area contributed by atoms with Gasteiger partial charge in [0.2, 0.25) is 5.91 Å². The van der Waals surface area contributed by atoms with Crippen molar-refractivity contribution in [3.8, 4) is 0 Å². The summed E-state index contributed by atoms with van der Waals surface area (Å²) in [5.41, 5.74) is 1.87. The molecule has 0 spiro atoms. The highest BCUT2D eigenvalue weighted by Crippen LogP contribution is 2.52. The molecule has 1 saturated carbocycles. The van der Waals surface area contributed by atoms with Crippen LogP contribution < -0.4 is 5.32 Å². The average Bonchev–Trinajstić information content (AvgIpc) is 2.92. The van der Waals surface area contributed by atoms with Crippen molar-refractivity contribution in [2.75, 3.05) is 31.5 Å². The van der Waals surface area contributed by atoms with Gasteiger partial charge in [0.25, 0.3) is 5.91 Å². The van der Waals surface area contributed by atoms with Crippen LogP contribution in [0.2, 0.25) is 0 Å². The molecular formula is C24H33N3O3. The number of Topliss-reactive ketones (excluding diaryl/α,β-unsaturated/α-hetero) is 1. The van der Waals surface area contributed by atoms with E-state index in [1.165, 1.54) is 0 Å². The van der Waals surface area contributed by atoms with Gasteiger partial charge < -0.3 is 10.2 Å². The molecule has 3 fully saturated rings. The Morgan fingerprint density at radius 3 is 2.40 bits per heavy atom. The lowest BCUT2D eigenvalue weighted by atomic mass is 9.65. The largest absolute Gasteiger partial charge is 0.335 e. The Morgan fingerprint density at radius 1 is 1.07 bits per heavy atom. The molecule has 6 nitrogen and oxygen atoms in total. The van der Waals surface area contributed by atoms with Gasteiger partial charge in [-0.25, -0.2) is 0 Å². The van der Waals surface area contributed by atoms with Gasteiger partial charge in [-0.05, 0) is 54.4 Å². The average molecular weight is 412 g/mol. The second kappa shape index (κ2) is 7.80. The summed E-state index contributed by atoms with van der Waals surface area (Å²) in [7, 11) is 0. The minimum atomic E-state index is -0.0908. The number of anilines is 1. The zero-order chi connectivity index (χ0) is 21.5. The van der Waals surface area contributed by atoms with Gasteiger partial charge >= 0.3 is 0 Å². The summed E-state index contributed by atoms with van der Waals surface area (Å²) in [4.78, 5) is 40.9. The third-order valence-electron chi connectivity index (χ3n) is 6.87. The molecule has 2 bridgehead atoms. The van der Waals surface area contributed by atoms with E-state index in [9.17, 15) is 14.4 Å². The normalized spacial score (nSPS) is 28.4. The van der Waals surface area contributed by atoms with Gasteiger partial charge in [-0.1, -0.05) is 20.8 Å². The second-order valence-electron chi connectivity index (χ2n) is 10.6. The summed E-state index contributed by atoms with van der Waals surface area (Å²) in [6.07, 6.45) is 4.37. The molecular weight excluding hydrogens is 378 g/mol. The van der Waals surface area contributed by atoms with E-state index < -0.39 is 0 Å². The molecule has 6 heteroatoms. The van der Waals surface area contributed by atoms with Gasteiger partial charge in [-0.15, -0.1) is 0 Å². The fourth-order valence-corrected chi connectivity index (χ4v) is 5.92. The van der Waals surface area contributed by atoms with Crippen LogP contribution in [-0.2, 0) is 9.59 Å². The first-order valence-corrected chi connectivity index (χ1v) is 11.1. The number of amides is 2. The van der Waals surface area contributed by atoms with Crippen molar-refractivity contribution in [2.24, 2.45) is 10.8 Å². The first-order valence-electron chi connectivity index (χ1n) is 11.1. The highest BCUT2D eigenvalue weighted by Gasteiger charge is 2.51. The maximum absolute atomic E-state index is 13.2. The third-order valence-corrected chi connectivity index (χ3v) is 6.87. The molecule has 2 aliphatic heterocycles. The van der Waals surface area contributed by atoms with Crippen molar-refractivity contribution >= 4 is 23.3 Å². The molecule has 2 atom stereocenters. The Morgan fingerprint density at radius 2 is 1.73 bits per heavy atom. The molecule has 1 N–H and O–H groups in total. The predicted molar refractivity (Wildman–Crippen MR) is 116 cm³/mol. The molecule has 2 amide bonds. The number of ketones is 1. The quantitative estimate of drug-likeness (QED) is 0.825. The minimum Gasteiger partial charge on any atom is -0.335 e. The van der Waals surface area contributed by atoms with Crippen molar-refractivity contribution in [3.05, 3.63) is 29.8 Å². The molecule has 0 radical (unpaired) electrons. The molecule has 2 unspecified atom stereocenters. The number of fused-ring (bicyclic) bond motifs is 2. The van der Waals surface area contributed by atoms with E-state index in [1.807, 2.05) is 17.0 Å². The fraction of sp³-hybridized carbons (Fsp3) is 0.625. The van der Waals surface area contributed by atoms with Gasteiger partial charge in [0.05, 0.1) is 6.54 Å². The minimum absolute atomic E-state index is 0.0908. The first-order chi connectivity index (χ1) is 14.1. The summed E-state index contributed by atoms with van der Waals surface area (Å²) in [6.45, 7) is 9.34. The van der Waals surface area contributed by atoms with E-state index in [-0.39, 0.29) is 35.0 Å². The third kappa shape index (κ3) is 4.59. The predicted octanol–water partition coefficient (Wildman–Crippen LogP) is 3.33. The molecule has 1 aromatic rings. The summed E-state index contributed by atoms with van der Waals surface area (Å²) in [5, 5.41) is 2.90. The van der Waals surface area contributed by atoms with Crippen molar-refractivity contribution in [3.63, 3.8) is 0 Å². The van der Waals surface area contributed by atoms with Crippen LogP contribution in [0.15, 0.2) is 24.3 Å². The SMILES string of the molecule is CC1(C)CC2CC(C)(CN2C(=O)c2ccc(NC(=O)CN3CCC(=O)CC3)cc2)C1. The second-order valence-corrected chi connectivity index (χ2v) is 10.6. The lowest BCUT2D eigenvalue weighted by Gasteiger charge is -2.39. The van der Waals surface area contributed by atoms with E-state index in [2.05, 4.69) is 31.0 Å². The summed E-state index contributed by atoms with van der Waals surface area (Å²) in [6, 6.07) is 7.56. The maximum atomic E-state index is 13.2. The Kier molecular flexibility index (Phi) is 5.47. The number of piperidine rings is 1. The van der Waals surface area contributed by atoms with Crippen LogP contribution in [0.5, 0.6) is 0 Å². The zero-order valence-corrected chi connectivity index (χ0v) is 18.4. The van der Waals surface area contributed by atoms with Gasteiger partial charge in [0, 0.05) is 49.8 Å². The Hall–Kier alpha value is -2.21. The number of carbonyl (C=O) groups excluding carboxylic acids is 3. The number of hydrogen-bond donors (Lipinski definition) is 1. The molecule has 0 aromatic heterocycles. The number of nitrogens with one attached hydrogen (secondary N) is 1. The molecule has 1 aliphatic carbocycles. The van der Waals surface area contributed by atoms with Crippen LogP contribution in [0.1, 0.15) is 63.2 Å². The first kappa shape index (κ1) is 21.0. The lowest BCUT2D eigenvalue weighted by Crippen LogP contribution is -2.39. The van der Waals surface area contributed by atoms with Crippen LogP contribution in [-0.4, -0.2) is 59.6 Å². The molecule has 30 heavy (non-hydrogen) atoms. The lowest BCUT2D eigenvalue weighted by molar-refractivity contribution is -0.124. The number of likely N-dealkylation sites (tertiary alicyclic amines) is 2. The van der Waals surface area contributed by atoms with Crippen LogP contribution in [0.3, 0.4) is 0 Å². The summed E-state index contributed by atoms with van der Waals surface area (Å²) >= 11 is 0. The van der Waals surface area contributed by atoms with Gasteiger partial charge in [-0.3, -0.25) is 19.3 Å². The van der Waals surface area contributed by atoms with Gasteiger partial charge in [0.1, 0.15) is 5.78 Å². The highest BCUT2D eigenvalue weighted by atomic mass is 16.2. The van der Waals surface area contributed by atoms with E-state index in [1.54, 1.807) is 12.1 Å². The molecule has 4 rings (SSSR count). The van der Waals surface area contributed by atoms with E-state index >= 15 is 0 Å². The van der Waals surface area contributed by atoms with Crippen molar-refractivity contribution in [2.45, 2.75) is 58.9 Å². The van der Waals surface area contributed by atoms with Crippen LogP contribution >= 0.6 is 0 Å². The molecule has 2 saturated heterocycles. The zero-order valence-electron chi connectivity index (χ0n) is 18.4. The number of rotatable bonds is 4.